The minimum atomic E-state index is -1.06. The van der Waals surface area contributed by atoms with Gasteiger partial charge in [0.15, 0.2) is 5.03 Å². The van der Waals surface area contributed by atoms with Crippen molar-refractivity contribution in [1.82, 2.24) is 9.97 Å². The topological polar surface area (TPSA) is 140 Å². The second kappa shape index (κ2) is 7.13. The van der Waals surface area contributed by atoms with Crippen LogP contribution < -0.4 is 10.7 Å². The second-order valence-electron chi connectivity index (χ2n) is 4.38. The largest absolute Gasteiger partial charge is 0.478 e. The number of carboxylic acids is 1. The number of aromatic nitrogens is 2. The van der Waals surface area contributed by atoms with Crippen molar-refractivity contribution in [3.8, 4) is 0 Å². The number of benzene rings is 1. The zero-order valence-corrected chi connectivity index (χ0v) is 12.0. The third-order valence-corrected chi connectivity index (χ3v) is 2.64. The number of nitrogens with zero attached hydrogens (tertiary/aromatic N) is 3. The number of methoxy groups -OCH3 is 1. The Balaban J connectivity index is 2.30. The summed E-state index contributed by atoms with van der Waals surface area (Å²) < 4.78 is 4.95. The third-order valence-electron chi connectivity index (χ3n) is 2.64. The Bertz CT molecular complexity index is 736. The summed E-state index contributed by atoms with van der Waals surface area (Å²) in [4.78, 5) is 29.4. The maximum atomic E-state index is 11.0. The van der Waals surface area contributed by atoms with Gasteiger partial charge in [-0.3, -0.25) is 0 Å². The molecule has 1 aromatic carbocycles. The van der Waals surface area contributed by atoms with Gasteiger partial charge in [-0.05, 0) is 18.2 Å². The summed E-state index contributed by atoms with van der Waals surface area (Å²) in [5.74, 6) is -1.01. The van der Waals surface area contributed by atoms with E-state index in [0.717, 1.165) is 0 Å². The molecule has 0 unspecified atom stereocenters. The minimum Gasteiger partial charge on any atom is -0.478 e. The Morgan fingerprint density at radius 3 is 2.83 bits per heavy atom. The van der Waals surface area contributed by atoms with E-state index in [1.165, 1.54) is 19.2 Å². The number of nitrogens with one attached hydrogen (secondary N) is 2. The van der Waals surface area contributed by atoms with E-state index >= 15 is 0 Å². The SMILES string of the molecule is COCc1cc(Nc2cccc(C(=O)O)c2)nc(N[N+](=O)[O-])n1. The number of rotatable bonds is 7. The molecule has 0 aliphatic heterocycles. The molecule has 2 rings (SSSR count). The van der Waals surface area contributed by atoms with Gasteiger partial charge in [-0.1, -0.05) is 11.5 Å². The molecular weight excluding hydrogens is 306 g/mol. The van der Waals surface area contributed by atoms with Crippen molar-refractivity contribution in [3.05, 3.63) is 51.7 Å². The lowest BCUT2D eigenvalue weighted by atomic mass is 10.2. The number of aromatic carboxylic acids is 1. The van der Waals surface area contributed by atoms with E-state index in [1.54, 1.807) is 18.2 Å². The maximum Gasteiger partial charge on any atom is 0.335 e. The molecule has 23 heavy (non-hydrogen) atoms. The highest BCUT2D eigenvalue weighted by molar-refractivity contribution is 5.89. The summed E-state index contributed by atoms with van der Waals surface area (Å²) in [7, 11) is 1.46. The molecule has 2 aromatic rings. The van der Waals surface area contributed by atoms with Gasteiger partial charge in [0, 0.05) is 18.9 Å². The first-order valence-electron chi connectivity index (χ1n) is 6.36. The predicted octanol–water partition coefficient (Wildman–Crippen LogP) is 1.67. The quantitative estimate of drug-likeness (QED) is 0.513. The van der Waals surface area contributed by atoms with E-state index in [1.807, 2.05) is 5.43 Å². The molecule has 10 nitrogen and oxygen atoms in total. The Kier molecular flexibility index (Phi) is 5.00. The average Bonchev–Trinajstić information content (AvgIpc) is 2.46. The smallest absolute Gasteiger partial charge is 0.335 e. The fourth-order valence-electron chi connectivity index (χ4n) is 1.79. The number of carbonyl (C=O) groups is 1. The summed E-state index contributed by atoms with van der Waals surface area (Å²) >= 11 is 0. The lowest BCUT2D eigenvalue weighted by molar-refractivity contribution is -0.446. The lowest BCUT2D eigenvalue weighted by Crippen LogP contribution is -2.13. The van der Waals surface area contributed by atoms with Gasteiger partial charge in [0.25, 0.3) is 5.95 Å². The second-order valence-corrected chi connectivity index (χ2v) is 4.38. The highest BCUT2D eigenvalue weighted by Crippen LogP contribution is 2.18. The number of hydrogen-bond donors (Lipinski definition) is 3. The van der Waals surface area contributed by atoms with Crippen LogP contribution in [0.1, 0.15) is 16.1 Å². The molecule has 0 aliphatic carbocycles. The van der Waals surface area contributed by atoms with E-state index < -0.39 is 11.0 Å². The molecule has 0 bridgehead atoms. The normalized spacial score (nSPS) is 10.1. The molecule has 10 heteroatoms. The van der Waals surface area contributed by atoms with Crippen LogP contribution in [-0.2, 0) is 11.3 Å². The molecule has 0 atom stereocenters. The van der Waals surface area contributed by atoms with Crippen LogP contribution in [0.5, 0.6) is 0 Å². The lowest BCUT2D eigenvalue weighted by Gasteiger charge is -2.09. The molecule has 0 saturated carbocycles. The maximum absolute atomic E-state index is 11.0. The zero-order valence-electron chi connectivity index (χ0n) is 12.0. The fraction of sp³-hybridized carbons (Fsp3) is 0.154. The van der Waals surface area contributed by atoms with Gasteiger partial charge in [-0.25, -0.2) is 19.9 Å². The molecule has 0 aliphatic rings. The van der Waals surface area contributed by atoms with Crippen LogP contribution in [0.4, 0.5) is 17.5 Å². The van der Waals surface area contributed by atoms with Gasteiger partial charge in [-0.2, -0.15) is 4.98 Å². The van der Waals surface area contributed by atoms with Crippen molar-refractivity contribution >= 4 is 23.4 Å². The predicted molar refractivity (Wildman–Crippen MR) is 80.0 cm³/mol. The van der Waals surface area contributed by atoms with Crippen LogP contribution in [-0.4, -0.2) is 33.2 Å². The molecule has 0 amide bonds. The molecule has 1 heterocycles. The minimum absolute atomic E-state index is 0.102. The number of anilines is 3. The van der Waals surface area contributed by atoms with Crippen molar-refractivity contribution in [3.63, 3.8) is 0 Å². The first kappa shape index (κ1) is 16.1. The summed E-state index contributed by atoms with van der Waals surface area (Å²) in [5, 5.41) is 21.6. The Morgan fingerprint density at radius 1 is 1.39 bits per heavy atom. The standard InChI is InChI=1S/C13H13N5O5/c1-23-7-10-6-11(16-13(15-10)17-18(21)22)14-9-4-2-3-8(5-9)12(19)20/h2-6H,7H2,1H3,(H,19,20)(H2,14,15,16,17). The molecule has 3 N–H and O–H groups in total. The molecule has 0 radical (unpaired) electrons. The highest BCUT2D eigenvalue weighted by atomic mass is 16.7. The van der Waals surface area contributed by atoms with Gasteiger partial charge in [0.2, 0.25) is 0 Å². The summed E-state index contributed by atoms with van der Waals surface area (Å²) in [5.41, 5.74) is 2.86. The van der Waals surface area contributed by atoms with Gasteiger partial charge >= 0.3 is 5.97 Å². The van der Waals surface area contributed by atoms with Crippen LogP contribution in [0.15, 0.2) is 30.3 Å². The summed E-state index contributed by atoms with van der Waals surface area (Å²) in [6, 6.07) is 7.62. The fourth-order valence-corrected chi connectivity index (χ4v) is 1.79. The van der Waals surface area contributed by atoms with E-state index in [9.17, 15) is 14.9 Å². The first-order valence-corrected chi connectivity index (χ1v) is 6.36. The Morgan fingerprint density at radius 2 is 2.17 bits per heavy atom. The summed E-state index contributed by atoms with van der Waals surface area (Å²) in [6.45, 7) is 0.138. The number of carboxylic acid groups (broad SMARTS) is 1. The van der Waals surface area contributed by atoms with Crippen LogP contribution in [0, 0.1) is 10.1 Å². The van der Waals surface area contributed by atoms with Crippen LogP contribution >= 0.6 is 0 Å². The summed E-state index contributed by atoms with van der Waals surface area (Å²) in [6.07, 6.45) is 0. The third kappa shape index (κ3) is 4.61. The van der Waals surface area contributed by atoms with Crippen LogP contribution in [0.3, 0.4) is 0 Å². The van der Waals surface area contributed by atoms with Crippen molar-refractivity contribution < 1.29 is 19.7 Å². The number of nitro groups is 1. The van der Waals surface area contributed by atoms with E-state index in [0.29, 0.717) is 11.4 Å². The van der Waals surface area contributed by atoms with Crippen LogP contribution in [0.25, 0.3) is 0 Å². The van der Waals surface area contributed by atoms with Crippen molar-refractivity contribution in [2.75, 3.05) is 17.9 Å². The van der Waals surface area contributed by atoms with Gasteiger partial charge in [0.1, 0.15) is 5.82 Å². The van der Waals surface area contributed by atoms with E-state index in [2.05, 4.69) is 15.3 Å². The van der Waals surface area contributed by atoms with Crippen molar-refractivity contribution in [2.24, 2.45) is 0 Å². The van der Waals surface area contributed by atoms with E-state index in [4.69, 9.17) is 9.84 Å². The van der Waals surface area contributed by atoms with E-state index in [-0.39, 0.29) is 23.9 Å². The molecule has 1 aromatic heterocycles. The Labute approximate surface area is 130 Å². The van der Waals surface area contributed by atoms with Crippen molar-refractivity contribution in [1.29, 1.82) is 0 Å². The molecule has 0 fully saturated rings. The molecule has 120 valence electrons. The first-order chi connectivity index (χ1) is 11.0. The zero-order chi connectivity index (χ0) is 16.8. The monoisotopic (exact) mass is 319 g/mol. The number of hydrazine groups is 1. The van der Waals surface area contributed by atoms with Gasteiger partial charge in [-0.15, -0.1) is 0 Å². The van der Waals surface area contributed by atoms with Crippen LogP contribution in [0.2, 0.25) is 0 Å². The molecular formula is C13H13N5O5. The van der Waals surface area contributed by atoms with Gasteiger partial charge < -0.3 is 15.2 Å². The molecule has 0 spiro atoms. The Hall–Kier alpha value is -3.27. The van der Waals surface area contributed by atoms with Gasteiger partial charge in [0.05, 0.1) is 17.9 Å². The molecule has 0 saturated heterocycles. The average molecular weight is 319 g/mol. The van der Waals surface area contributed by atoms with Crippen molar-refractivity contribution in [2.45, 2.75) is 6.61 Å². The highest BCUT2D eigenvalue weighted by Gasteiger charge is 2.10. The number of hydrogen-bond acceptors (Lipinski definition) is 7. The number of ether oxygens (including phenoxy) is 1.